The zero-order valence-electron chi connectivity index (χ0n) is 7.72. The molecule has 0 bridgehead atoms. The lowest BCUT2D eigenvalue weighted by Gasteiger charge is -2.20. The van der Waals surface area contributed by atoms with Crippen molar-refractivity contribution >= 4 is 13.1 Å². The van der Waals surface area contributed by atoms with Gasteiger partial charge in [-0.2, -0.15) is 0 Å². The summed E-state index contributed by atoms with van der Waals surface area (Å²) in [5.74, 6) is -1.05. The summed E-state index contributed by atoms with van der Waals surface area (Å²) < 4.78 is 4.03. The Kier molecular flexibility index (Phi) is 6.60. The molecule has 9 heteroatoms. The Morgan fingerprint density at radius 1 is 1.27 bits per heavy atom. The molecule has 0 aromatic carbocycles. The van der Waals surface area contributed by atoms with Gasteiger partial charge in [-0.05, 0) is 0 Å². The molecule has 0 aromatic heterocycles. The van der Waals surface area contributed by atoms with E-state index < -0.39 is 44.6 Å². The zero-order chi connectivity index (χ0) is 12.0. The Morgan fingerprint density at radius 2 is 1.80 bits per heavy atom. The maximum atomic E-state index is 11.0. The van der Waals surface area contributed by atoms with Crippen LogP contribution in [0, 0.1) is 0 Å². The third kappa shape index (κ3) is 5.18. The van der Waals surface area contributed by atoms with E-state index in [-0.39, 0.29) is 0 Å². The van der Waals surface area contributed by atoms with Gasteiger partial charge in [0, 0.05) is 0 Å². The van der Waals surface area contributed by atoms with E-state index in [1.54, 1.807) is 0 Å². The maximum Gasteiger partial charge on any atom is 0.634 e. The monoisotopic (exact) mass is 224 g/mol. The van der Waals surface area contributed by atoms with Crippen molar-refractivity contribution in [3.8, 4) is 0 Å². The van der Waals surface area contributed by atoms with Crippen LogP contribution in [0.15, 0.2) is 0 Å². The standard InChI is InChI=1S/C6H13BO8/c8-1-3(9)5(11)6(12)4(10)2-15-7(13)14/h3,5-6,8-9,11-14H,1-2H2/t3-,5-,6-/m1/s1. The molecule has 0 rings (SSSR count). The Balaban J connectivity index is 4.07. The molecule has 0 unspecified atom stereocenters. The highest BCUT2D eigenvalue weighted by Crippen LogP contribution is 2.01. The number of carbonyl (C=O) groups is 1. The highest BCUT2D eigenvalue weighted by molar-refractivity contribution is 6.33. The van der Waals surface area contributed by atoms with E-state index in [1.807, 2.05) is 0 Å². The largest absolute Gasteiger partial charge is 0.634 e. The Morgan fingerprint density at radius 3 is 2.20 bits per heavy atom. The predicted octanol–water partition coefficient (Wildman–Crippen LogP) is -4.38. The number of rotatable bonds is 7. The van der Waals surface area contributed by atoms with Gasteiger partial charge in [0.1, 0.15) is 18.3 Å². The molecule has 0 heterocycles. The maximum absolute atomic E-state index is 11.0. The summed E-state index contributed by atoms with van der Waals surface area (Å²) in [5.41, 5.74) is 0. The molecule has 0 aliphatic carbocycles. The van der Waals surface area contributed by atoms with Crippen LogP contribution in [0.25, 0.3) is 0 Å². The van der Waals surface area contributed by atoms with Crippen molar-refractivity contribution in [1.82, 2.24) is 0 Å². The van der Waals surface area contributed by atoms with Gasteiger partial charge in [0.15, 0.2) is 5.78 Å². The van der Waals surface area contributed by atoms with Gasteiger partial charge in [0.2, 0.25) is 0 Å². The van der Waals surface area contributed by atoms with Gasteiger partial charge in [-0.1, -0.05) is 0 Å². The number of aliphatic hydroxyl groups excluding tert-OH is 4. The van der Waals surface area contributed by atoms with Crippen molar-refractivity contribution in [3.05, 3.63) is 0 Å². The van der Waals surface area contributed by atoms with Gasteiger partial charge in [0.25, 0.3) is 0 Å². The molecule has 8 nitrogen and oxygen atoms in total. The molecule has 0 saturated carbocycles. The third-order valence-corrected chi connectivity index (χ3v) is 1.61. The Bertz CT molecular complexity index is 198. The SMILES string of the molecule is O=C(COB(O)O)[C@@H](O)[C@H](O)[C@H](O)CO. The topological polar surface area (TPSA) is 148 Å². The molecule has 0 aliphatic heterocycles. The van der Waals surface area contributed by atoms with Gasteiger partial charge in [0.05, 0.1) is 13.2 Å². The average molecular weight is 224 g/mol. The summed E-state index contributed by atoms with van der Waals surface area (Å²) in [4.78, 5) is 11.0. The second-order valence-corrected chi connectivity index (χ2v) is 2.79. The van der Waals surface area contributed by atoms with E-state index in [0.29, 0.717) is 0 Å². The number of hydrogen-bond acceptors (Lipinski definition) is 8. The summed E-state index contributed by atoms with van der Waals surface area (Å²) in [7, 11) is -2.17. The zero-order valence-corrected chi connectivity index (χ0v) is 7.72. The third-order valence-electron chi connectivity index (χ3n) is 1.61. The first kappa shape index (κ1) is 14.5. The van der Waals surface area contributed by atoms with Crippen LogP contribution in [-0.4, -0.2) is 75.1 Å². The fourth-order valence-corrected chi connectivity index (χ4v) is 0.751. The molecular weight excluding hydrogens is 211 g/mol. The molecule has 0 saturated heterocycles. The lowest BCUT2D eigenvalue weighted by molar-refractivity contribution is -0.142. The second kappa shape index (κ2) is 6.85. The first-order valence-electron chi connectivity index (χ1n) is 4.05. The fraction of sp³-hybridized carbons (Fsp3) is 0.833. The molecule has 0 amide bonds. The van der Waals surface area contributed by atoms with E-state index in [0.717, 1.165) is 0 Å². The van der Waals surface area contributed by atoms with Crippen LogP contribution in [0.2, 0.25) is 0 Å². The number of carbonyl (C=O) groups excluding carboxylic acids is 1. The van der Waals surface area contributed by atoms with Crippen molar-refractivity contribution in [1.29, 1.82) is 0 Å². The average Bonchev–Trinajstić information content (AvgIpc) is 2.22. The molecule has 6 N–H and O–H groups in total. The van der Waals surface area contributed by atoms with E-state index in [9.17, 15) is 4.79 Å². The molecule has 0 aliphatic rings. The summed E-state index contributed by atoms with van der Waals surface area (Å²) in [6.07, 6.45) is -5.49. The van der Waals surface area contributed by atoms with Gasteiger partial charge in [-0.25, -0.2) is 0 Å². The summed E-state index contributed by atoms with van der Waals surface area (Å²) >= 11 is 0. The summed E-state index contributed by atoms with van der Waals surface area (Å²) in [5, 5.41) is 51.9. The van der Waals surface area contributed by atoms with Crippen molar-refractivity contribution < 1.29 is 39.9 Å². The molecule has 0 radical (unpaired) electrons. The van der Waals surface area contributed by atoms with E-state index in [4.69, 9.17) is 30.5 Å². The lowest BCUT2D eigenvalue weighted by Crippen LogP contribution is -2.45. The minimum atomic E-state index is -2.17. The molecule has 15 heavy (non-hydrogen) atoms. The van der Waals surface area contributed by atoms with Crippen molar-refractivity contribution in [2.45, 2.75) is 18.3 Å². The minimum absolute atomic E-state index is 0.824. The fourth-order valence-electron chi connectivity index (χ4n) is 0.751. The number of aliphatic hydroxyl groups is 4. The second-order valence-electron chi connectivity index (χ2n) is 2.79. The smallest absolute Gasteiger partial charge is 0.402 e. The van der Waals surface area contributed by atoms with Crippen molar-refractivity contribution in [2.75, 3.05) is 13.2 Å². The van der Waals surface area contributed by atoms with Gasteiger partial charge in [-0.3, -0.25) is 4.79 Å². The lowest BCUT2D eigenvalue weighted by atomic mass is 10.1. The Hall–Kier alpha value is -0.545. The molecule has 0 aromatic rings. The number of Topliss-reactive ketones (excluding diaryl/α,β-unsaturated/α-hetero) is 1. The number of ketones is 1. The molecule has 3 atom stereocenters. The Labute approximate surface area is 85.5 Å². The van der Waals surface area contributed by atoms with Gasteiger partial charge < -0.3 is 35.1 Å². The first-order chi connectivity index (χ1) is 6.90. The summed E-state index contributed by atoms with van der Waals surface area (Å²) in [6, 6.07) is 0. The number of hydrogen-bond donors (Lipinski definition) is 6. The van der Waals surface area contributed by atoms with E-state index >= 15 is 0 Å². The highest BCUT2D eigenvalue weighted by atomic mass is 16.6. The molecule has 88 valence electrons. The van der Waals surface area contributed by atoms with E-state index in [2.05, 4.69) is 4.65 Å². The van der Waals surface area contributed by atoms with Crippen LogP contribution in [0.4, 0.5) is 0 Å². The van der Waals surface area contributed by atoms with Crippen LogP contribution >= 0.6 is 0 Å². The molecule has 0 spiro atoms. The summed E-state index contributed by atoms with van der Waals surface area (Å²) in [6.45, 7) is -1.66. The van der Waals surface area contributed by atoms with Crippen molar-refractivity contribution in [2.24, 2.45) is 0 Å². The van der Waals surface area contributed by atoms with Crippen LogP contribution in [0.3, 0.4) is 0 Å². The van der Waals surface area contributed by atoms with Crippen LogP contribution < -0.4 is 0 Å². The van der Waals surface area contributed by atoms with Gasteiger partial charge >= 0.3 is 7.32 Å². The molecular formula is C6H13BO8. The molecule has 0 fully saturated rings. The van der Waals surface area contributed by atoms with Crippen LogP contribution in [-0.2, 0) is 9.45 Å². The highest BCUT2D eigenvalue weighted by Gasteiger charge is 2.30. The minimum Gasteiger partial charge on any atom is -0.402 e. The van der Waals surface area contributed by atoms with E-state index in [1.165, 1.54) is 0 Å². The quantitative estimate of drug-likeness (QED) is 0.237. The first-order valence-corrected chi connectivity index (χ1v) is 4.05. The normalized spacial score (nSPS) is 16.9. The van der Waals surface area contributed by atoms with Crippen LogP contribution in [0.1, 0.15) is 0 Å². The van der Waals surface area contributed by atoms with Crippen LogP contribution in [0.5, 0.6) is 0 Å². The van der Waals surface area contributed by atoms with Gasteiger partial charge in [-0.15, -0.1) is 0 Å². The predicted molar refractivity (Wildman–Crippen MR) is 46.3 cm³/mol. The van der Waals surface area contributed by atoms with Crippen molar-refractivity contribution in [3.63, 3.8) is 0 Å².